The Morgan fingerprint density at radius 2 is 1.93 bits per heavy atom. The van der Waals surface area contributed by atoms with E-state index >= 15 is 0 Å². The summed E-state index contributed by atoms with van der Waals surface area (Å²) in [4.78, 5) is 35.3. The second-order valence-corrected chi connectivity index (χ2v) is 4.02. The van der Waals surface area contributed by atoms with Crippen molar-refractivity contribution in [1.29, 1.82) is 0 Å². The Balaban J connectivity index is 2.30. The fourth-order valence-corrected chi connectivity index (χ4v) is 2.53. The van der Waals surface area contributed by atoms with Gasteiger partial charge in [0.25, 0.3) is 5.91 Å². The van der Waals surface area contributed by atoms with Gasteiger partial charge in [0.2, 0.25) is 11.7 Å². The number of hydrogen-bond donors (Lipinski definition) is 0. The quantitative estimate of drug-likeness (QED) is 0.529. The molecule has 1 heterocycles. The normalized spacial score (nSPS) is 31.9. The predicted molar refractivity (Wildman–Crippen MR) is 48.3 cm³/mol. The number of amides is 2. The number of ketones is 1. The molecule has 0 aromatic heterocycles. The lowest BCUT2D eigenvalue weighted by Crippen LogP contribution is -2.40. The fourth-order valence-electron chi connectivity index (χ4n) is 2.53. The Kier molecular flexibility index (Phi) is 2.13. The van der Waals surface area contributed by atoms with Crippen LogP contribution in [0.15, 0.2) is 0 Å². The molecule has 2 rings (SSSR count). The smallest absolute Gasteiger partial charge is 0.288 e. The molecule has 2 atom stereocenters. The summed E-state index contributed by atoms with van der Waals surface area (Å²) >= 11 is 0. The molecule has 0 N–H and O–H groups in total. The highest BCUT2D eigenvalue weighted by atomic mass is 16.2. The first-order chi connectivity index (χ1) is 6.63. The summed E-state index contributed by atoms with van der Waals surface area (Å²) in [6.07, 6.45) is 3.55. The van der Waals surface area contributed by atoms with Crippen molar-refractivity contribution in [3.8, 4) is 0 Å². The number of Topliss-reactive ketones (excluding diaryl/α,β-unsaturated/α-hetero) is 1. The molecule has 1 aliphatic carbocycles. The standard InChI is InChI=1S/C10H13NO3/c1-6(12)11-8-5-3-2-4-7(8)9(13)10(11)14/h7-8H,2-5H2,1H3. The van der Waals surface area contributed by atoms with Gasteiger partial charge >= 0.3 is 0 Å². The van der Waals surface area contributed by atoms with Crippen LogP contribution in [0.3, 0.4) is 0 Å². The van der Waals surface area contributed by atoms with E-state index in [9.17, 15) is 14.4 Å². The van der Waals surface area contributed by atoms with Gasteiger partial charge in [-0.2, -0.15) is 0 Å². The van der Waals surface area contributed by atoms with E-state index < -0.39 is 5.91 Å². The summed E-state index contributed by atoms with van der Waals surface area (Å²) in [5, 5.41) is 0. The van der Waals surface area contributed by atoms with Crippen molar-refractivity contribution in [2.75, 3.05) is 0 Å². The van der Waals surface area contributed by atoms with Crippen molar-refractivity contribution < 1.29 is 14.4 Å². The maximum Gasteiger partial charge on any atom is 0.297 e. The highest BCUT2D eigenvalue weighted by molar-refractivity contribution is 6.41. The molecule has 0 spiro atoms. The third kappa shape index (κ3) is 1.17. The summed E-state index contributed by atoms with van der Waals surface area (Å²) in [5.74, 6) is -1.45. The molecule has 0 radical (unpaired) electrons. The third-order valence-corrected chi connectivity index (χ3v) is 3.17. The van der Waals surface area contributed by atoms with E-state index in [2.05, 4.69) is 0 Å². The molecule has 4 heteroatoms. The summed E-state index contributed by atoms with van der Waals surface area (Å²) < 4.78 is 0. The van der Waals surface area contributed by atoms with Crippen LogP contribution in [0.1, 0.15) is 32.6 Å². The minimum Gasteiger partial charge on any atom is -0.288 e. The molecule has 2 amide bonds. The number of rotatable bonds is 0. The van der Waals surface area contributed by atoms with Gasteiger partial charge in [0.15, 0.2) is 0 Å². The molecule has 4 nitrogen and oxygen atoms in total. The summed E-state index contributed by atoms with van der Waals surface area (Å²) in [6, 6.07) is -0.138. The number of likely N-dealkylation sites (tertiary alicyclic amines) is 1. The van der Waals surface area contributed by atoms with E-state index in [4.69, 9.17) is 0 Å². The van der Waals surface area contributed by atoms with Crippen LogP contribution in [-0.2, 0) is 14.4 Å². The van der Waals surface area contributed by atoms with Gasteiger partial charge in [-0.15, -0.1) is 0 Å². The molecular formula is C10H13NO3. The van der Waals surface area contributed by atoms with Gasteiger partial charge in [0.05, 0.1) is 6.04 Å². The number of carbonyl (C=O) groups is 3. The van der Waals surface area contributed by atoms with Gasteiger partial charge in [-0.05, 0) is 12.8 Å². The van der Waals surface area contributed by atoms with Crippen molar-refractivity contribution in [1.82, 2.24) is 4.90 Å². The summed E-state index contributed by atoms with van der Waals surface area (Å²) in [7, 11) is 0. The number of hydrogen-bond acceptors (Lipinski definition) is 3. The molecule has 1 aliphatic heterocycles. The van der Waals surface area contributed by atoms with Crippen molar-refractivity contribution in [3.63, 3.8) is 0 Å². The SMILES string of the molecule is CC(=O)N1C(=O)C(=O)C2CCCCC21. The lowest BCUT2D eigenvalue weighted by molar-refractivity contribution is -0.147. The van der Waals surface area contributed by atoms with E-state index in [0.29, 0.717) is 0 Å². The van der Waals surface area contributed by atoms with Gasteiger partial charge in [-0.1, -0.05) is 12.8 Å². The average Bonchev–Trinajstić information content (AvgIpc) is 2.41. The molecule has 2 fully saturated rings. The Morgan fingerprint density at radius 3 is 2.57 bits per heavy atom. The first-order valence-electron chi connectivity index (χ1n) is 5.01. The van der Waals surface area contributed by atoms with Crippen molar-refractivity contribution >= 4 is 17.6 Å². The molecule has 1 saturated carbocycles. The van der Waals surface area contributed by atoms with E-state index in [0.717, 1.165) is 30.6 Å². The van der Waals surface area contributed by atoms with Crippen molar-refractivity contribution in [2.45, 2.75) is 38.6 Å². The van der Waals surface area contributed by atoms with E-state index in [1.165, 1.54) is 6.92 Å². The third-order valence-electron chi connectivity index (χ3n) is 3.17. The second kappa shape index (κ2) is 3.19. The van der Waals surface area contributed by atoms with Crippen LogP contribution < -0.4 is 0 Å². The molecule has 0 aromatic rings. The number of nitrogens with zero attached hydrogens (tertiary/aromatic N) is 1. The minimum atomic E-state index is -0.589. The molecule has 2 aliphatic rings. The molecule has 14 heavy (non-hydrogen) atoms. The fraction of sp³-hybridized carbons (Fsp3) is 0.700. The Morgan fingerprint density at radius 1 is 1.29 bits per heavy atom. The number of carbonyl (C=O) groups excluding carboxylic acids is 3. The minimum absolute atomic E-state index is 0.138. The largest absolute Gasteiger partial charge is 0.297 e. The van der Waals surface area contributed by atoms with Crippen LogP contribution in [0.5, 0.6) is 0 Å². The van der Waals surface area contributed by atoms with Crippen LogP contribution in [0.4, 0.5) is 0 Å². The predicted octanol–water partition coefficient (Wildman–Crippen LogP) is 0.503. The zero-order valence-corrected chi connectivity index (χ0v) is 8.16. The van der Waals surface area contributed by atoms with Gasteiger partial charge in [-0.25, -0.2) is 0 Å². The Labute approximate surface area is 82.3 Å². The monoisotopic (exact) mass is 195 g/mol. The summed E-state index contributed by atoms with van der Waals surface area (Å²) in [6.45, 7) is 1.35. The van der Waals surface area contributed by atoms with Gasteiger partial charge in [0, 0.05) is 12.8 Å². The van der Waals surface area contributed by atoms with E-state index in [1.807, 2.05) is 0 Å². The van der Waals surface area contributed by atoms with Crippen molar-refractivity contribution in [2.24, 2.45) is 5.92 Å². The van der Waals surface area contributed by atoms with Crippen LogP contribution in [0.2, 0.25) is 0 Å². The Hall–Kier alpha value is -1.19. The lowest BCUT2D eigenvalue weighted by Gasteiger charge is -2.28. The molecule has 76 valence electrons. The maximum atomic E-state index is 11.5. The highest BCUT2D eigenvalue weighted by Gasteiger charge is 2.49. The number of fused-ring (bicyclic) bond motifs is 1. The second-order valence-electron chi connectivity index (χ2n) is 4.02. The zero-order valence-electron chi connectivity index (χ0n) is 8.16. The number of imide groups is 1. The lowest BCUT2D eigenvalue weighted by atomic mass is 9.84. The zero-order chi connectivity index (χ0) is 10.3. The van der Waals surface area contributed by atoms with Gasteiger partial charge < -0.3 is 0 Å². The van der Waals surface area contributed by atoms with Crippen LogP contribution >= 0.6 is 0 Å². The van der Waals surface area contributed by atoms with Gasteiger partial charge in [-0.3, -0.25) is 19.3 Å². The molecule has 0 bridgehead atoms. The molecular weight excluding hydrogens is 182 g/mol. The molecule has 2 unspecified atom stereocenters. The topological polar surface area (TPSA) is 54.5 Å². The highest BCUT2D eigenvalue weighted by Crippen LogP contribution is 2.34. The Bertz CT molecular complexity index is 310. The van der Waals surface area contributed by atoms with Gasteiger partial charge in [0.1, 0.15) is 0 Å². The van der Waals surface area contributed by atoms with Crippen LogP contribution in [-0.4, -0.2) is 28.5 Å². The first kappa shape index (κ1) is 9.37. The first-order valence-corrected chi connectivity index (χ1v) is 5.01. The van der Waals surface area contributed by atoms with Crippen molar-refractivity contribution in [3.05, 3.63) is 0 Å². The van der Waals surface area contributed by atoms with Crippen LogP contribution in [0.25, 0.3) is 0 Å². The van der Waals surface area contributed by atoms with Crippen LogP contribution in [0, 0.1) is 5.92 Å². The average molecular weight is 195 g/mol. The maximum absolute atomic E-state index is 11.5. The molecule has 0 aromatic carbocycles. The van der Waals surface area contributed by atoms with E-state index in [-0.39, 0.29) is 23.7 Å². The van der Waals surface area contributed by atoms with E-state index in [1.54, 1.807) is 0 Å². The summed E-state index contributed by atoms with van der Waals surface area (Å²) in [5.41, 5.74) is 0. The molecule has 1 saturated heterocycles.